The molecule has 0 aliphatic heterocycles. The van der Waals surface area contributed by atoms with E-state index in [9.17, 15) is 13.9 Å². The van der Waals surface area contributed by atoms with Crippen LogP contribution in [0.3, 0.4) is 0 Å². The lowest BCUT2D eigenvalue weighted by Gasteiger charge is -2.12. The number of thioether (sulfide) groups is 1. The first-order valence-corrected chi connectivity index (χ1v) is 6.99. The molecule has 0 spiro atoms. The second-order valence-corrected chi connectivity index (χ2v) is 5.21. The molecule has 0 heterocycles. The van der Waals surface area contributed by atoms with Crippen LogP contribution in [0.1, 0.15) is 11.7 Å². The van der Waals surface area contributed by atoms with Crippen LogP contribution in [-0.4, -0.2) is 18.0 Å². The summed E-state index contributed by atoms with van der Waals surface area (Å²) in [5.41, 5.74) is 0.176. The molecule has 2 aromatic carbocycles. The molecule has 0 radical (unpaired) electrons. The highest BCUT2D eigenvalue weighted by atomic mass is 32.2. The fourth-order valence-corrected chi connectivity index (χ4v) is 2.62. The van der Waals surface area contributed by atoms with Gasteiger partial charge in [-0.3, -0.25) is 0 Å². The molecule has 0 bridgehead atoms. The van der Waals surface area contributed by atoms with Gasteiger partial charge in [0.05, 0.1) is 13.2 Å². The highest BCUT2D eigenvalue weighted by Crippen LogP contribution is 2.29. The van der Waals surface area contributed by atoms with Gasteiger partial charge in [-0.2, -0.15) is 0 Å². The van der Waals surface area contributed by atoms with Gasteiger partial charge in [-0.25, -0.2) is 8.78 Å². The molecule has 0 saturated heterocycles. The highest BCUT2D eigenvalue weighted by Gasteiger charge is 2.15. The molecular weight excluding hydrogens is 282 g/mol. The molecule has 2 nitrogen and oxygen atoms in total. The van der Waals surface area contributed by atoms with Crippen molar-refractivity contribution < 1.29 is 18.6 Å². The van der Waals surface area contributed by atoms with Gasteiger partial charge in [0.2, 0.25) is 0 Å². The zero-order valence-corrected chi connectivity index (χ0v) is 11.7. The lowest BCUT2D eigenvalue weighted by molar-refractivity contribution is 0.198. The van der Waals surface area contributed by atoms with E-state index in [1.165, 1.54) is 25.3 Å². The topological polar surface area (TPSA) is 29.5 Å². The summed E-state index contributed by atoms with van der Waals surface area (Å²) in [7, 11) is 1.44. The Labute approximate surface area is 120 Å². The van der Waals surface area contributed by atoms with Gasteiger partial charge in [-0.05, 0) is 24.3 Å². The number of methoxy groups -OCH3 is 1. The quantitative estimate of drug-likeness (QED) is 0.851. The molecule has 2 aromatic rings. The minimum absolute atomic E-state index is 0.171. The van der Waals surface area contributed by atoms with E-state index >= 15 is 0 Å². The monoisotopic (exact) mass is 296 g/mol. The average molecular weight is 296 g/mol. The third-order valence-electron chi connectivity index (χ3n) is 2.80. The number of hydrogen-bond donors (Lipinski definition) is 1. The van der Waals surface area contributed by atoms with Gasteiger partial charge in [-0.15, -0.1) is 11.8 Å². The van der Waals surface area contributed by atoms with Crippen molar-refractivity contribution in [2.24, 2.45) is 0 Å². The van der Waals surface area contributed by atoms with Crippen molar-refractivity contribution in [1.29, 1.82) is 0 Å². The smallest absolute Gasteiger partial charge is 0.136 e. The molecule has 0 amide bonds. The third kappa shape index (κ3) is 3.49. The summed E-state index contributed by atoms with van der Waals surface area (Å²) in [6.07, 6.45) is -1.01. The molecule has 0 fully saturated rings. The molecule has 1 unspecified atom stereocenters. The number of aliphatic hydroxyl groups is 1. The zero-order valence-electron chi connectivity index (χ0n) is 10.8. The van der Waals surface area contributed by atoms with Crippen LogP contribution >= 0.6 is 11.8 Å². The van der Waals surface area contributed by atoms with E-state index in [0.717, 1.165) is 11.8 Å². The van der Waals surface area contributed by atoms with Crippen LogP contribution in [0.4, 0.5) is 8.78 Å². The van der Waals surface area contributed by atoms with Crippen LogP contribution < -0.4 is 4.74 Å². The number of halogens is 2. The van der Waals surface area contributed by atoms with Crippen LogP contribution in [-0.2, 0) is 0 Å². The Bertz CT molecular complexity index is 590. The lowest BCUT2D eigenvalue weighted by atomic mass is 10.1. The van der Waals surface area contributed by atoms with E-state index in [1.807, 2.05) is 0 Å². The first kappa shape index (κ1) is 14.8. The van der Waals surface area contributed by atoms with Crippen molar-refractivity contribution in [3.05, 3.63) is 59.7 Å². The SMILES string of the molecule is COc1ccc(C(O)CSc2ccccc2F)c(F)c1. The van der Waals surface area contributed by atoms with Crippen molar-refractivity contribution in [2.75, 3.05) is 12.9 Å². The highest BCUT2D eigenvalue weighted by molar-refractivity contribution is 7.99. The van der Waals surface area contributed by atoms with E-state index in [1.54, 1.807) is 24.3 Å². The van der Waals surface area contributed by atoms with Crippen molar-refractivity contribution >= 4 is 11.8 Å². The van der Waals surface area contributed by atoms with Crippen LogP contribution in [0.15, 0.2) is 47.4 Å². The first-order chi connectivity index (χ1) is 9.61. The Morgan fingerprint density at radius 1 is 1.15 bits per heavy atom. The zero-order chi connectivity index (χ0) is 14.5. The van der Waals surface area contributed by atoms with Crippen molar-refractivity contribution in [3.63, 3.8) is 0 Å². The van der Waals surface area contributed by atoms with Gasteiger partial charge in [0.15, 0.2) is 0 Å². The first-order valence-electron chi connectivity index (χ1n) is 6.00. The molecule has 0 saturated carbocycles. The Kier molecular flexibility index (Phi) is 4.98. The fraction of sp³-hybridized carbons (Fsp3) is 0.200. The molecule has 20 heavy (non-hydrogen) atoms. The molecule has 106 valence electrons. The minimum atomic E-state index is -1.01. The number of aliphatic hydroxyl groups excluding tert-OH is 1. The van der Waals surface area contributed by atoms with Gasteiger partial charge >= 0.3 is 0 Å². The van der Waals surface area contributed by atoms with Gasteiger partial charge in [0.25, 0.3) is 0 Å². The summed E-state index contributed by atoms with van der Waals surface area (Å²) in [4.78, 5) is 0.431. The normalized spacial score (nSPS) is 12.2. The second-order valence-electron chi connectivity index (χ2n) is 4.14. The van der Waals surface area contributed by atoms with Crippen LogP contribution in [0.25, 0.3) is 0 Å². The molecule has 0 aliphatic carbocycles. The standard InChI is InChI=1S/C15H14F2O2S/c1-19-10-6-7-11(13(17)8-10)14(18)9-20-15-5-3-2-4-12(15)16/h2-8,14,18H,9H2,1H3. The summed E-state index contributed by atoms with van der Waals surface area (Å²) in [5, 5.41) is 9.99. The predicted molar refractivity (Wildman–Crippen MR) is 75.0 cm³/mol. The van der Waals surface area contributed by atoms with E-state index in [2.05, 4.69) is 0 Å². The fourth-order valence-electron chi connectivity index (χ4n) is 1.73. The molecular formula is C15H14F2O2S. The Morgan fingerprint density at radius 2 is 1.90 bits per heavy atom. The number of ether oxygens (including phenoxy) is 1. The van der Waals surface area contributed by atoms with Crippen LogP contribution in [0, 0.1) is 11.6 Å². The van der Waals surface area contributed by atoms with Crippen molar-refractivity contribution in [1.82, 2.24) is 0 Å². The molecule has 0 aliphatic rings. The predicted octanol–water partition coefficient (Wildman–Crippen LogP) is 3.80. The summed E-state index contributed by atoms with van der Waals surface area (Å²) >= 11 is 1.15. The molecule has 0 aromatic heterocycles. The lowest BCUT2D eigenvalue weighted by Crippen LogP contribution is -2.04. The Balaban J connectivity index is 2.05. The van der Waals surface area contributed by atoms with Gasteiger partial charge in [0, 0.05) is 22.3 Å². The number of rotatable bonds is 5. The van der Waals surface area contributed by atoms with Gasteiger partial charge in [0.1, 0.15) is 17.4 Å². The summed E-state index contributed by atoms with van der Waals surface area (Å²) in [5.74, 6) is -0.324. The minimum Gasteiger partial charge on any atom is -0.497 e. The summed E-state index contributed by atoms with van der Waals surface area (Å²) in [6, 6.07) is 10.5. The van der Waals surface area contributed by atoms with Crippen LogP contribution in [0.5, 0.6) is 5.75 Å². The van der Waals surface area contributed by atoms with E-state index in [-0.39, 0.29) is 17.1 Å². The summed E-state index contributed by atoms with van der Waals surface area (Å²) in [6.45, 7) is 0. The Morgan fingerprint density at radius 3 is 2.55 bits per heavy atom. The summed E-state index contributed by atoms with van der Waals surface area (Å²) < 4.78 is 32.1. The number of hydrogen-bond acceptors (Lipinski definition) is 3. The van der Waals surface area contributed by atoms with Crippen molar-refractivity contribution in [2.45, 2.75) is 11.0 Å². The van der Waals surface area contributed by atoms with Gasteiger partial charge < -0.3 is 9.84 Å². The molecule has 5 heteroatoms. The molecule has 1 N–H and O–H groups in total. The second kappa shape index (κ2) is 6.72. The molecule has 2 rings (SSSR count). The maximum Gasteiger partial charge on any atom is 0.136 e. The maximum absolute atomic E-state index is 13.8. The van der Waals surface area contributed by atoms with E-state index in [4.69, 9.17) is 4.74 Å². The van der Waals surface area contributed by atoms with Gasteiger partial charge in [-0.1, -0.05) is 12.1 Å². The Hall–Kier alpha value is -1.59. The maximum atomic E-state index is 13.8. The largest absolute Gasteiger partial charge is 0.497 e. The number of benzene rings is 2. The third-order valence-corrected chi connectivity index (χ3v) is 3.92. The van der Waals surface area contributed by atoms with E-state index < -0.39 is 11.9 Å². The van der Waals surface area contributed by atoms with Crippen molar-refractivity contribution in [3.8, 4) is 5.75 Å². The average Bonchev–Trinajstić information content (AvgIpc) is 2.46. The van der Waals surface area contributed by atoms with Crippen LogP contribution in [0.2, 0.25) is 0 Å². The molecule has 1 atom stereocenters. The van der Waals surface area contributed by atoms with E-state index in [0.29, 0.717) is 10.6 Å².